The molecule has 96 valence electrons. The Bertz CT molecular complexity index is 447. The highest BCUT2D eigenvalue weighted by Crippen LogP contribution is 2.32. The van der Waals surface area contributed by atoms with Crippen LogP contribution in [0.2, 0.25) is 0 Å². The van der Waals surface area contributed by atoms with E-state index in [1.807, 2.05) is 19.1 Å². The molecule has 18 heavy (non-hydrogen) atoms. The van der Waals surface area contributed by atoms with Crippen molar-refractivity contribution in [2.45, 2.75) is 32.6 Å². The molecule has 0 spiro atoms. The third kappa shape index (κ3) is 2.61. The summed E-state index contributed by atoms with van der Waals surface area (Å²) in [6.07, 6.45) is 3.01. The number of rotatable bonds is 3. The van der Waals surface area contributed by atoms with Gasteiger partial charge in [0.25, 0.3) is 0 Å². The van der Waals surface area contributed by atoms with Crippen LogP contribution in [-0.4, -0.2) is 11.8 Å². The molecule has 2 atom stereocenters. The van der Waals surface area contributed by atoms with Crippen molar-refractivity contribution >= 4 is 11.8 Å². The quantitative estimate of drug-likeness (QED) is 0.762. The smallest absolute Gasteiger partial charge is 0.166 e. The fourth-order valence-corrected chi connectivity index (χ4v) is 2.66. The van der Waals surface area contributed by atoms with E-state index in [4.69, 9.17) is 0 Å². The Kier molecular flexibility index (Phi) is 3.80. The predicted molar refractivity (Wildman–Crippen MR) is 66.0 cm³/mol. The number of carboxylic acid groups (broad SMARTS) is 1. The first kappa shape index (κ1) is 12.8. The highest BCUT2D eigenvalue weighted by atomic mass is 16.4. The SMILES string of the molecule is Cc1ccc(C(=O)[C@H]2CCCC[C@@H]2C(=O)[O-])cc1. The molecule has 0 bridgehead atoms. The molecule has 1 saturated carbocycles. The first-order chi connectivity index (χ1) is 8.59. The molecule has 0 amide bonds. The van der Waals surface area contributed by atoms with Crippen LogP contribution < -0.4 is 5.11 Å². The summed E-state index contributed by atoms with van der Waals surface area (Å²) in [6, 6.07) is 7.31. The standard InChI is InChI=1S/C15H18O3/c1-10-6-8-11(9-7-10)14(16)12-4-2-3-5-13(12)15(17)18/h6-9,12-13H,2-5H2,1H3,(H,17,18)/p-1/t12-,13-/m0/s1. The Balaban J connectivity index is 2.20. The van der Waals surface area contributed by atoms with Gasteiger partial charge < -0.3 is 9.90 Å². The van der Waals surface area contributed by atoms with Crippen molar-refractivity contribution in [3.8, 4) is 0 Å². The molecule has 1 aromatic carbocycles. The van der Waals surface area contributed by atoms with E-state index in [-0.39, 0.29) is 5.78 Å². The van der Waals surface area contributed by atoms with Gasteiger partial charge in [-0.05, 0) is 19.8 Å². The second-order valence-electron chi connectivity index (χ2n) is 5.05. The van der Waals surface area contributed by atoms with Crippen LogP contribution in [0.5, 0.6) is 0 Å². The van der Waals surface area contributed by atoms with Crippen molar-refractivity contribution in [2.24, 2.45) is 11.8 Å². The lowest BCUT2D eigenvalue weighted by molar-refractivity contribution is -0.313. The zero-order valence-electron chi connectivity index (χ0n) is 10.5. The fraction of sp³-hybridized carbons (Fsp3) is 0.467. The van der Waals surface area contributed by atoms with Crippen LogP contribution in [-0.2, 0) is 4.79 Å². The maximum Gasteiger partial charge on any atom is 0.166 e. The lowest BCUT2D eigenvalue weighted by Gasteiger charge is -2.31. The Morgan fingerprint density at radius 3 is 2.17 bits per heavy atom. The molecule has 1 aromatic rings. The van der Waals surface area contributed by atoms with Gasteiger partial charge >= 0.3 is 0 Å². The number of benzene rings is 1. The Morgan fingerprint density at radius 2 is 1.61 bits per heavy atom. The molecule has 1 aliphatic rings. The number of carbonyl (C=O) groups excluding carboxylic acids is 2. The number of hydrogen-bond acceptors (Lipinski definition) is 3. The maximum atomic E-state index is 12.3. The third-order valence-corrected chi connectivity index (χ3v) is 3.74. The predicted octanol–water partition coefficient (Wildman–Crippen LogP) is 1.73. The maximum absolute atomic E-state index is 12.3. The van der Waals surface area contributed by atoms with Crippen LogP contribution in [0.4, 0.5) is 0 Å². The average molecular weight is 245 g/mol. The van der Waals surface area contributed by atoms with Gasteiger partial charge in [-0.3, -0.25) is 4.79 Å². The molecule has 0 radical (unpaired) electrons. The van der Waals surface area contributed by atoms with Crippen molar-refractivity contribution in [1.82, 2.24) is 0 Å². The highest BCUT2D eigenvalue weighted by molar-refractivity contribution is 5.99. The van der Waals surface area contributed by atoms with Crippen LogP contribution in [0.1, 0.15) is 41.6 Å². The van der Waals surface area contributed by atoms with Gasteiger partial charge in [-0.15, -0.1) is 0 Å². The molecule has 1 fully saturated rings. The molecule has 0 N–H and O–H groups in total. The molecule has 2 rings (SSSR count). The average Bonchev–Trinajstić information content (AvgIpc) is 2.39. The van der Waals surface area contributed by atoms with E-state index in [2.05, 4.69) is 0 Å². The molecule has 0 aliphatic heterocycles. The summed E-state index contributed by atoms with van der Waals surface area (Å²) >= 11 is 0. The minimum atomic E-state index is -1.08. The number of Topliss-reactive ketones (excluding diaryl/α,β-unsaturated/α-hetero) is 1. The van der Waals surface area contributed by atoms with E-state index < -0.39 is 17.8 Å². The van der Waals surface area contributed by atoms with Gasteiger partial charge in [0.05, 0.1) is 0 Å². The molecule has 0 saturated heterocycles. The van der Waals surface area contributed by atoms with Crippen LogP contribution in [0.25, 0.3) is 0 Å². The summed E-state index contributed by atoms with van der Waals surface area (Å²) in [5.74, 6) is -2.16. The van der Waals surface area contributed by atoms with Crippen LogP contribution in [0.3, 0.4) is 0 Å². The molecule has 3 nitrogen and oxygen atoms in total. The van der Waals surface area contributed by atoms with Gasteiger partial charge in [0.15, 0.2) is 5.78 Å². The van der Waals surface area contributed by atoms with Crippen LogP contribution >= 0.6 is 0 Å². The Hall–Kier alpha value is -1.64. The Morgan fingerprint density at radius 1 is 1.06 bits per heavy atom. The number of hydrogen-bond donors (Lipinski definition) is 0. The van der Waals surface area contributed by atoms with Crippen molar-refractivity contribution in [3.05, 3.63) is 35.4 Å². The number of carbonyl (C=O) groups is 2. The lowest BCUT2D eigenvalue weighted by Crippen LogP contribution is -2.40. The zero-order valence-corrected chi connectivity index (χ0v) is 10.5. The van der Waals surface area contributed by atoms with Crippen molar-refractivity contribution in [3.63, 3.8) is 0 Å². The minimum absolute atomic E-state index is 0.0519. The first-order valence-corrected chi connectivity index (χ1v) is 6.41. The largest absolute Gasteiger partial charge is 0.550 e. The van der Waals surface area contributed by atoms with Crippen molar-refractivity contribution < 1.29 is 14.7 Å². The van der Waals surface area contributed by atoms with Gasteiger partial charge in [-0.2, -0.15) is 0 Å². The van der Waals surface area contributed by atoms with Crippen molar-refractivity contribution in [1.29, 1.82) is 0 Å². The first-order valence-electron chi connectivity index (χ1n) is 6.41. The van der Waals surface area contributed by atoms with E-state index in [0.717, 1.165) is 18.4 Å². The van der Waals surface area contributed by atoms with Gasteiger partial charge in [0.1, 0.15) is 0 Å². The summed E-state index contributed by atoms with van der Waals surface area (Å²) in [5.41, 5.74) is 1.70. The van der Waals surface area contributed by atoms with E-state index in [1.165, 1.54) is 0 Å². The summed E-state index contributed by atoms with van der Waals surface area (Å²) in [6.45, 7) is 1.96. The molecule has 0 aromatic heterocycles. The fourth-order valence-electron chi connectivity index (χ4n) is 2.66. The van der Waals surface area contributed by atoms with Gasteiger partial charge in [-0.25, -0.2) is 0 Å². The summed E-state index contributed by atoms with van der Waals surface area (Å²) in [7, 11) is 0. The summed E-state index contributed by atoms with van der Waals surface area (Å²) in [4.78, 5) is 23.4. The normalized spacial score (nSPS) is 23.6. The number of aliphatic carboxylic acids is 1. The third-order valence-electron chi connectivity index (χ3n) is 3.74. The second kappa shape index (κ2) is 5.34. The molecule has 1 aliphatic carbocycles. The highest BCUT2D eigenvalue weighted by Gasteiger charge is 2.32. The van der Waals surface area contributed by atoms with Crippen LogP contribution in [0, 0.1) is 18.8 Å². The monoisotopic (exact) mass is 245 g/mol. The number of aryl methyl sites for hydroxylation is 1. The molecule has 0 unspecified atom stereocenters. The van der Waals surface area contributed by atoms with E-state index in [9.17, 15) is 14.7 Å². The minimum Gasteiger partial charge on any atom is -0.550 e. The van der Waals surface area contributed by atoms with Crippen molar-refractivity contribution in [2.75, 3.05) is 0 Å². The molecule has 0 heterocycles. The Labute approximate surface area is 107 Å². The zero-order chi connectivity index (χ0) is 13.1. The van der Waals surface area contributed by atoms with Crippen LogP contribution in [0.15, 0.2) is 24.3 Å². The number of carboxylic acids is 1. The van der Waals surface area contributed by atoms with Gasteiger partial charge in [0.2, 0.25) is 0 Å². The van der Waals surface area contributed by atoms with E-state index >= 15 is 0 Å². The second-order valence-corrected chi connectivity index (χ2v) is 5.05. The molecular weight excluding hydrogens is 228 g/mol. The summed E-state index contributed by atoms with van der Waals surface area (Å²) in [5, 5.41) is 11.1. The number of ketones is 1. The lowest BCUT2D eigenvalue weighted by atomic mass is 9.75. The molecule has 3 heteroatoms. The molecular formula is C15H17O3-. The van der Waals surface area contributed by atoms with Gasteiger partial charge in [-0.1, -0.05) is 42.7 Å². The van der Waals surface area contributed by atoms with Gasteiger partial charge in [0, 0.05) is 23.4 Å². The van der Waals surface area contributed by atoms with E-state index in [0.29, 0.717) is 18.4 Å². The summed E-state index contributed by atoms with van der Waals surface area (Å²) < 4.78 is 0. The topological polar surface area (TPSA) is 57.2 Å². The van der Waals surface area contributed by atoms with E-state index in [1.54, 1.807) is 12.1 Å².